The third-order valence-corrected chi connectivity index (χ3v) is 6.90. The molecule has 37 heavy (non-hydrogen) atoms. The Kier molecular flexibility index (Phi) is 7.80. The highest BCUT2D eigenvalue weighted by Crippen LogP contribution is 2.34. The number of hydrogen-bond acceptors (Lipinski definition) is 6. The van der Waals surface area contributed by atoms with Crippen LogP contribution in [0, 0.1) is 6.92 Å². The normalized spacial score (nSPS) is 16.4. The van der Waals surface area contributed by atoms with Crippen molar-refractivity contribution >= 4 is 17.3 Å². The summed E-state index contributed by atoms with van der Waals surface area (Å²) < 4.78 is 46.3. The van der Waals surface area contributed by atoms with Gasteiger partial charge in [0.15, 0.2) is 0 Å². The average molecular weight is 518 g/mol. The number of carbonyl (C=O) groups is 1. The predicted octanol–water partition coefficient (Wildman–Crippen LogP) is 5.16. The molecule has 1 fully saturated rings. The Morgan fingerprint density at radius 3 is 2.46 bits per heavy atom. The lowest BCUT2D eigenvalue weighted by atomic mass is 9.99. The molecule has 3 aromatic heterocycles. The first-order valence-electron chi connectivity index (χ1n) is 12.5. The Bertz CT molecular complexity index is 1260. The highest BCUT2D eigenvalue weighted by Gasteiger charge is 2.34. The topological polar surface area (TPSA) is 62.1 Å². The van der Waals surface area contributed by atoms with E-state index in [-0.39, 0.29) is 12.1 Å². The summed E-state index contributed by atoms with van der Waals surface area (Å²) >= 11 is 0. The van der Waals surface area contributed by atoms with Crippen molar-refractivity contribution in [3.8, 4) is 11.1 Å². The predicted molar refractivity (Wildman–Crippen MR) is 138 cm³/mol. The number of nitrogens with one attached hydrogen (secondary N) is 1. The molecule has 1 saturated heterocycles. The molecular weight excluding hydrogens is 483 g/mol. The highest BCUT2D eigenvalue weighted by atomic mass is 19.4. The summed E-state index contributed by atoms with van der Waals surface area (Å²) in [6, 6.07) is 7.62. The van der Waals surface area contributed by atoms with Crippen LogP contribution in [0.15, 0.2) is 36.7 Å². The number of hydrogen-bond donors (Lipinski definition) is 1. The van der Waals surface area contributed by atoms with E-state index in [1.54, 1.807) is 6.20 Å². The number of rotatable bonds is 7. The third-order valence-electron chi connectivity index (χ3n) is 6.90. The molecule has 0 bridgehead atoms. The van der Waals surface area contributed by atoms with Gasteiger partial charge in [0.25, 0.3) is 0 Å². The Labute approximate surface area is 215 Å². The maximum Gasteiger partial charge on any atom is 0.401 e. The summed E-state index contributed by atoms with van der Waals surface area (Å²) in [7, 11) is 1.81. The fourth-order valence-electron chi connectivity index (χ4n) is 5.08. The average Bonchev–Trinajstić information content (AvgIpc) is 3.25. The van der Waals surface area contributed by atoms with Crippen LogP contribution < -0.4 is 5.32 Å². The molecule has 1 N–H and O–H groups in total. The number of ether oxygens (including phenoxy) is 1. The summed E-state index contributed by atoms with van der Waals surface area (Å²) in [6.07, 6.45) is -0.754. The minimum absolute atomic E-state index is 0.132. The zero-order valence-electron chi connectivity index (χ0n) is 21.9. The number of carbonyl (C=O) groups excluding carboxylic acids is 1. The molecule has 3 aromatic rings. The van der Waals surface area contributed by atoms with Gasteiger partial charge in [-0.15, -0.1) is 0 Å². The Morgan fingerprint density at radius 1 is 1.14 bits per heavy atom. The van der Waals surface area contributed by atoms with E-state index >= 15 is 0 Å². The summed E-state index contributed by atoms with van der Waals surface area (Å²) in [5.74, 6) is 0.338. The zero-order chi connectivity index (χ0) is 26.9. The lowest BCUT2D eigenvalue weighted by Gasteiger charge is -2.39. The number of anilines is 1. The van der Waals surface area contributed by atoms with Crippen LogP contribution in [-0.2, 0) is 4.74 Å². The fourth-order valence-corrected chi connectivity index (χ4v) is 5.08. The van der Waals surface area contributed by atoms with Crippen LogP contribution in [0.4, 0.5) is 19.0 Å². The Balaban J connectivity index is 1.76. The van der Waals surface area contributed by atoms with Gasteiger partial charge >= 0.3 is 12.1 Å². The first kappa shape index (κ1) is 26.9. The molecule has 10 heteroatoms. The fraction of sp³-hybridized carbons (Fsp3) is 0.481. The first-order valence-corrected chi connectivity index (χ1v) is 12.5. The van der Waals surface area contributed by atoms with Crippen LogP contribution in [0.1, 0.15) is 48.4 Å². The van der Waals surface area contributed by atoms with Crippen LogP contribution >= 0.6 is 0 Å². The van der Waals surface area contributed by atoms with Crippen molar-refractivity contribution in [2.24, 2.45) is 0 Å². The SMILES string of the molecule is CNc1cc(-c2ccn3c(C(C)N4CCN(CC(F)(F)F)CC4)c(C)c(C(=O)OC(C)C)cc23)ccn1. The van der Waals surface area contributed by atoms with Gasteiger partial charge < -0.3 is 14.5 Å². The second-order valence-electron chi connectivity index (χ2n) is 9.79. The molecule has 1 atom stereocenters. The molecule has 0 spiro atoms. The van der Waals surface area contributed by atoms with Crippen molar-refractivity contribution < 1.29 is 22.7 Å². The lowest BCUT2D eigenvalue weighted by Crippen LogP contribution is -2.49. The Morgan fingerprint density at radius 2 is 1.84 bits per heavy atom. The number of fused-ring (bicyclic) bond motifs is 1. The van der Waals surface area contributed by atoms with E-state index in [0.717, 1.165) is 33.7 Å². The van der Waals surface area contributed by atoms with Crippen molar-refractivity contribution in [2.45, 2.75) is 46.0 Å². The number of halogens is 3. The maximum atomic E-state index is 13.1. The van der Waals surface area contributed by atoms with Crippen LogP contribution in [0.25, 0.3) is 16.6 Å². The van der Waals surface area contributed by atoms with Crippen molar-refractivity contribution in [1.82, 2.24) is 19.2 Å². The summed E-state index contributed by atoms with van der Waals surface area (Å²) in [5.41, 5.74) is 4.96. The minimum Gasteiger partial charge on any atom is -0.459 e. The molecular formula is C27H34F3N5O2. The molecule has 1 aliphatic heterocycles. The van der Waals surface area contributed by atoms with Gasteiger partial charge in [0.1, 0.15) is 5.82 Å². The molecule has 1 aliphatic rings. The quantitative estimate of drug-likeness (QED) is 0.437. The van der Waals surface area contributed by atoms with Crippen molar-refractivity contribution in [1.29, 1.82) is 0 Å². The molecule has 200 valence electrons. The van der Waals surface area contributed by atoms with Crippen LogP contribution in [0.3, 0.4) is 0 Å². The smallest absolute Gasteiger partial charge is 0.401 e. The van der Waals surface area contributed by atoms with Crippen LogP contribution in [-0.4, -0.2) is 77.2 Å². The van der Waals surface area contributed by atoms with Crippen molar-refractivity contribution in [3.05, 3.63) is 53.5 Å². The molecule has 0 amide bonds. The molecule has 0 saturated carbocycles. The van der Waals surface area contributed by atoms with E-state index in [9.17, 15) is 18.0 Å². The van der Waals surface area contributed by atoms with E-state index in [1.165, 1.54) is 4.90 Å². The van der Waals surface area contributed by atoms with Gasteiger partial charge in [-0.25, -0.2) is 9.78 Å². The molecule has 0 aliphatic carbocycles. The first-order chi connectivity index (χ1) is 17.5. The highest BCUT2D eigenvalue weighted by molar-refractivity contribution is 5.95. The van der Waals surface area contributed by atoms with E-state index in [2.05, 4.69) is 19.6 Å². The van der Waals surface area contributed by atoms with E-state index < -0.39 is 18.7 Å². The van der Waals surface area contributed by atoms with E-state index in [4.69, 9.17) is 4.74 Å². The van der Waals surface area contributed by atoms with Gasteiger partial charge in [-0.2, -0.15) is 13.2 Å². The second-order valence-corrected chi connectivity index (χ2v) is 9.79. The van der Waals surface area contributed by atoms with Crippen LogP contribution in [0.5, 0.6) is 0 Å². The number of pyridine rings is 2. The minimum atomic E-state index is -4.21. The van der Waals surface area contributed by atoms with Gasteiger partial charge in [-0.05, 0) is 63.1 Å². The molecule has 0 aromatic carbocycles. The van der Waals surface area contributed by atoms with Crippen molar-refractivity contribution in [2.75, 3.05) is 45.1 Å². The number of esters is 1. The van der Waals surface area contributed by atoms with E-state index in [1.807, 2.05) is 65.2 Å². The lowest BCUT2D eigenvalue weighted by molar-refractivity contribution is -0.149. The van der Waals surface area contributed by atoms with Gasteiger partial charge in [0, 0.05) is 62.9 Å². The van der Waals surface area contributed by atoms with Crippen molar-refractivity contribution in [3.63, 3.8) is 0 Å². The van der Waals surface area contributed by atoms with Crippen LogP contribution in [0.2, 0.25) is 0 Å². The molecule has 4 rings (SSSR count). The molecule has 1 unspecified atom stereocenters. The van der Waals surface area contributed by atoms with Gasteiger partial charge in [-0.1, -0.05) is 0 Å². The third kappa shape index (κ3) is 5.91. The Hall–Kier alpha value is -3.11. The van der Waals surface area contributed by atoms with Gasteiger partial charge in [-0.3, -0.25) is 9.80 Å². The standard InChI is InChI=1S/C27H34F3N5O2/c1-17(2)37-26(36)22-15-23-21(20-6-8-32-24(14-20)31-5)7-9-35(23)25(18(22)3)19(4)34-12-10-33(11-13-34)16-27(28,29)30/h6-9,14-15,17,19H,10-13,16H2,1-5H3,(H,31,32). The molecule has 4 heterocycles. The summed E-state index contributed by atoms with van der Waals surface area (Å²) in [6.45, 7) is 8.37. The largest absolute Gasteiger partial charge is 0.459 e. The number of alkyl halides is 3. The van der Waals surface area contributed by atoms with Gasteiger partial charge in [0.2, 0.25) is 0 Å². The summed E-state index contributed by atoms with van der Waals surface area (Å²) in [4.78, 5) is 21.1. The molecule has 0 radical (unpaired) electrons. The maximum absolute atomic E-state index is 13.1. The summed E-state index contributed by atoms with van der Waals surface area (Å²) in [5, 5.41) is 3.05. The number of piperazine rings is 1. The molecule has 7 nitrogen and oxygen atoms in total. The second kappa shape index (κ2) is 10.7. The monoisotopic (exact) mass is 517 g/mol. The number of aromatic nitrogens is 2. The van der Waals surface area contributed by atoms with Gasteiger partial charge in [0.05, 0.1) is 23.7 Å². The zero-order valence-corrected chi connectivity index (χ0v) is 21.9. The number of nitrogens with zero attached hydrogens (tertiary/aromatic N) is 4. The van der Waals surface area contributed by atoms with E-state index in [0.29, 0.717) is 31.7 Å².